The summed E-state index contributed by atoms with van der Waals surface area (Å²) in [6, 6.07) is 4.48. The monoisotopic (exact) mass is 424 g/mol. The van der Waals surface area contributed by atoms with Crippen LogP contribution in [0, 0.1) is 19.3 Å². The lowest BCUT2D eigenvalue weighted by Gasteiger charge is -2.30. The van der Waals surface area contributed by atoms with Gasteiger partial charge in [-0.05, 0) is 98.1 Å². The highest BCUT2D eigenvalue weighted by molar-refractivity contribution is 7.14. The van der Waals surface area contributed by atoms with Gasteiger partial charge in [0.2, 0.25) is 0 Å². The van der Waals surface area contributed by atoms with E-state index in [1.807, 2.05) is 0 Å². The van der Waals surface area contributed by atoms with Crippen molar-refractivity contribution < 1.29 is 9.59 Å². The molecule has 1 heterocycles. The molecule has 0 unspecified atom stereocenters. The Kier molecular flexibility index (Phi) is 7.02. The standard InChI is InChI=1S/C27H36O2S/c1-7-21-15-20(14-17(2)22(21)10-8-18(3)28)9-11-25(29)26-23-12-13-27(5,6)16-24(23)19(4)30-26/h14-15H,7-13,16H2,1-6H3. The molecule has 0 saturated carbocycles. The average Bonchev–Trinajstić information content (AvgIpc) is 2.99. The van der Waals surface area contributed by atoms with Gasteiger partial charge < -0.3 is 4.79 Å². The van der Waals surface area contributed by atoms with Crippen LogP contribution in [0.15, 0.2) is 12.1 Å². The highest BCUT2D eigenvalue weighted by Gasteiger charge is 2.31. The number of hydrogen-bond donors (Lipinski definition) is 0. The van der Waals surface area contributed by atoms with Gasteiger partial charge in [0.25, 0.3) is 0 Å². The zero-order chi connectivity index (χ0) is 22.1. The molecule has 2 aromatic rings. The lowest BCUT2D eigenvalue weighted by atomic mass is 9.74. The van der Waals surface area contributed by atoms with Crippen LogP contribution in [0.25, 0.3) is 0 Å². The van der Waals surface area contributed by atoms with Crippen molar-refractivity contribution in [1.29, 1.82) is 0 Å². The van der Waals surface area contributed by atoms with Gasteiger partial charge in [-0.2, -0.15) is 0 Å². The summed E-state index contributed by atoms with van der Waals surface area (Å²) in [6.45, 7) is 12.8. The molecular formula is C27H36O2S. The van der Waals surface area contributed by atoms with E-state index in [9.17, 15) is 9.59 Å². The van der Waals surface area contributed by atoms with Crippen molar-refractivity contribution >= 4 is 22.9 Å². The number of fused-ring (bicyclic) bond motifs is 1. The van der Waals surface area contributed by atoms with Crippen molar-refractivity contribution in [3.05, 3.63) is 55.3 Å². The Balaban J connectivity index is 1.74. The zero-order valence-corrected chi connectivity index (χ0v) is 20.4. The quantitative estimate of drug-likeness (QED) is 0.438. The van der Waals surface area contributed by atoms with Gasteiger partial charge in [0.1, 0.15) is 5.78 Å². The van der Waals surface area contributed by atoms with Crippen molar-refractivity contribution in [3.63, 3.8) is 0 Å². The molecule has 0 bridgehead atoms. The van der Waals surface area contributed by atoms with Gasteiger partial charge in [0, 0.05) is 17.7 Å². The van der Waals surface area contributed by atoms with E-state index in [2.05, 4.69) is 46.8 Å². The number of carbonyl (C=O) groups is 2. The second-order valence-electron chi connectivity index (χ2n) is 9.81. The van der Waals surface area contributed by atoms with E-state index in [4.69, 9.17) is 0 Å². The van der Waals surface area contributed by atoms with Crippen LogP contribution in [0.3, 0.4) is 0 Å². The highest BCUT2D eigenvalue weighted by Crippen LogP contribution is 2.41. The predicted octanol–water partition coefficient (Wildman–Crippen LogP) is 6.78. The summed E-state index contributed by atoms with van der Waals surface area (Å²) in [5, 5.41) is 0. The number of rotatable bonds is 8. The fourth-order valence-corrected chi connectivity index (χ4v) is 6.03. The Morgan fingerprint density at radius 1 is 1.07 bits per heavy atom. The Labute approximate surface area is 186 Å². The molecule has 0 N–H and O–H groups in total. The molecule has 0 aliphatic heterocycles. The maximum atomic E-state index is 13.1. The van der Waals surface area contributed by atoms with Crippen LogP contribution < -0.4 is 0 Å². The first-order valence-electron chi connectivity index (χ1n) is 11.4. The number of thiophene rings is 1. The van der Waals surface area contributed by atoms with Crippen LogP contribution >= 0.6 is 11.3 Å². The molecule has 0 spiro atoms. The molecule has 1 aliphatic rings. The van der Waals surface area contributed by atoms with Crippen LogP contribution in [0.5, 0.6) is 0 Å². The number of hydrogen-bond acceptors (Lipinski definition) is 3. The molecular weight excluding hydrogens is 388 g/mol. The largest absolute Gasteiger partial charge is 0.300 e. The Morgan fingerprint density at radius 2 is 1.80 bits per heavy atom. The predicted molar refractivity (Wildman–Crippen MR) is 127 cm³/mol. The number of Topliss-reactive ketones (excluding diaryl/α,β-unsaturated/α-hetero) is 2. The summed E-state index contributed by atoms with van der Waals surface area (Å²) < 4.78 is 0. The first-order valence-corrected chi connectivity index (χ1v) is 12.2. The van der Waals surface area contributed by atoms with E-state index in [0.717, 1.165) is 43.4 Å². The van der Waals surface area contributed by atoms with Crippen molar-refractivity contribution in [1.82, 2.24) is 0 Å². The smallest absolute Gasteiger partial charge is 0.173 e. The van der Waals surface area contributed by atoms with Crippen molar-refractivity contribution in [3.8, 4) is 0 Å². The molecule has 3 rings (SSSR count). The van der Waals surface area contributed by atoms with Gasteiger partial charge in [-0.3, -0.25) is 4.79 Å². The second kappa shape index (κ2) is 9.18. The van der Waals surface area contributed by atoms with Gasteiger partial charge in [-0.1, -0.05) is 32.9 Å². The van der Waals surface area contributed by atoms with Gasteiger partial charge in [0.05, 0.1) is 4.88 Å². The average molecular weight is 425 g/mol. The van der Waals surface area contributed by atoms with Crippen LogP contribution in [0.2, 0.25) is 0 Å². The highest BCUT2D eigenvalue weighted by atomic mass is 32.1. The maximum Gasteiger partial charge on any atom is 0.173 e. The second-order valence-corrected chi connectivity index (χ2v) is 11.0. The third-order valence-corrected chi connectivity index (χ3v) is 7.88. The molecule has 0 radical (unpaired) electrons. The zero-order valence-electron chi connectivity index (χ0n) is 19.5. The summed E-state index contributed by atoms with van der Waals surface area (Å²) in [5.74, 6) is 0.546. The van der Waals surface area contributed by atoms with Crippen LogP contribution in [0.1, 0.15) is 94.9 Å². The maximum absolute atomic E-state index is 13.1. The van der Waals surface area contributed by atoms with E-state index in [1.165, 1.54) is 38.3 Å². The minimum absolute atomic E-state index is 0.240. The first-order chi connectivity index (χ1) is 14.1. The van der Waals surface area contributed by atoms with E-state index in [-0.39, 0.29) is 5.78 Å². The number of aryl methyl sites for hydroxylation is 4. The molecule has 0 fully saturated rings. The minimum atomic E-state index is 0.240. The number of carbonyl (C=O) groups excluding carboxylic acids is 2. The molecule has 162 valence electrons. The molecule has 1 aromatic heterocycles. The molecule has 2 nitrogen and oxygen atoms in total. The SMILES string of the molecule is CCc1cc(CCC(=O)c2sc(C)c3c2CCC(C)(C)C3)cc(C)c1CCC(C)=O. The lowest BCUT2D eigenvalue weighted by molar-refractivity contribution is -0.116. The summed E-state index contributed by atoms with van der Waals surface area (Å²) >= 11 is 1.72. The van der Waals surface area contributed by atoms with Gasteiger partial charge in [-0.25, -0.2) is 0 Å². The number of benzene rings is 1. The minimum Gasteiger partial charge on any atom is -0.300 e. The summed E-state index contributed by atoms with van der Waals surface area (Å²) in [4.78, 5) is 26.9. The van der Waals surface area contributed by atoms with E-state index in [1.54, 1.807) is 18.3 Å². The molecule has 30 heavy (non-hydrogen) atoms. The van der Waals surface area contributed by atoms with E-state index < -0.39 is 0 Å². The van der Waals surface area contributed by atoms with Crippen LogP contribution in [-0.2, 0) is 36.9 Å². The Morgan fingerprint density at radius 3 is 2.47 bits per heavy atom. The molecule has 3 heteroatoms. The molecule has 1 aromatic carbocycles. The van der Waals surface area contributed by atoms with Gasteiger partial charge >= 0.3 is 0 Å². The first kappa shape index (κ1) is 22.9. The Bertz CT molecular complexity index is 962. The van der Waals surface area contributed by atoms with E-state index in [0.29, 0.717) is 24.0 Å². The molecule has 0 amide bonds. The Hall–Kier alpha value is -1.74. The van der Waals surface area contributed by atoms with Gasteiger partial charge in [-0.15, -0.1) is 11.3 Å². The van der Waals surface area contributed by atoms with Crippen LogP contribution in [0.4, 0.5) is 0 Å². The summed E-state index contributed by atoms with van der Waals surface area (Å²) in [6.07, 6.45) is 7.05. The molecule has 0 atom stereocenters. The molecule has 1 aliphatic carbocycles. The topological polar surface area (TPSA) is 34.1 Å². The number of ketones is 2. The normalized spacial score (nSPS) is 15.1. The summed E-state index contributed by atoms with van der Waals surface area (Å²) in [7, 11) is 0. The van der Waals surface area contributed by atoms with Crippen LogP contribution in [-0.4, -0.2) is 11.6 Å². The fraction of sp³-hybridized carbons (Fsp3) is 0.556. The molecule has 0 saturated heterocycles. The fourth-order valence-electron chi connectivity index (χ4n) is 4.84. The van der Waals surface area contributed by atoms with Crippen molar-refractivity contribution in [2.45, 2.75) is 92.9 Å². The van der Waals surface area contributed by atoms with Gasteiger partial charge in [0.15, 0.2) is 5.78 Å². The third-order valence-electron chi connectivity index (χ3n) is 6.65. The third kappa shape index (κ3) is 5.11. The van der Waals surface area contributed by atoms with Crippen molar-refractivity contribution in [2.24, 2.45) is 5.41 Å². The van der Waals surface area contributed by atoms with E-state index >= 15 is 0 Å². The lowest BCUT2D eigenvalue weighted by Crippen LogP contribution is -2.22. The van der Waals surface area contributed by atoms with Crippen molar-refractivity contribution in [2.75, 3.05) is 0 Å². The summed E-state index contributed by atoms with van der Waals surface area (Å²) in [5.41, 5.74) is 8.26.